The first-order valence-electron chi connectivity index (χ1n) is 9.25. The number of aromatic nitrogens is 1. The molecule has 0 aromatic carbocycles. The van der Waals surface area contributed by atoms with Crippen LogP contribution in [0.25, 0.3) is 0 Å². The van der Waals surface area contributed by atoms with Gasteiger partial charge in [-0.05, 0) is 0 Å². The van der Waals surface area contributed by atoms with Crippen LogP contribution in [0.15, 0.2) is 21.1 Å². The number of hydrogen-bond donors (Lipinski definition) is 2. The summed E-state index contributed by atoms with van der Waals surface area (Å²) >= 11 is 3.77. The molecule has 172 valence electrons. The van der Waals surface area contributed by atoms with Gasteiger partial charge in [0.25, 0.3) is 11.8 Å². The molecule has 2 unspecified atom stereocenters. The van der Waals surface area contributed by atoms with Crippen molar-refractivity contribution in [2.24, 2.45) is 5.16 Å². The molecule has 3 aliphatic rings. The third-order valence-electron chi connectivity index (χ3n) is 4.71. The summed E-state index contributed by atoms with van der Waals surface area (Å²) < 4.78 is 10.5. The number of ether oxygens (including phenoxy) is 2. The Morgan fingerprint density at radius 2 is 2.30 bits per heavy atom. The van der Waals surface area contributed by atoms with Crippen LogP contribution >= 0.6 is 34.9 Å². The van der Waals surface area contributed by atoms with E-state index in [0.717, 1.165) is 16.2 Å². The van der Waals surface area contributed by atoms with Crippen molar-refractivity contribution in [3.8, 4) is 0 Å². The number of carboxylic acids is 1. The number of fused-ring (bicyclic) bond motifs is 1. The molecule has 3 aliphatic heterocycles. The summed E-state index contributed by atoms with van der Waals surface area (Å²) in [6.45, 7) is 0.645. The Balaban J connectivity index is 0.00000306. The van der Waals surface area contributed by atoms with Crippen molar-refractivity contribution in [2.45, 2.75) is 17.5 Å². The molecule has 12 nitrogen and oxygen atoms in total. The number of carbonyl (C=O) groups is 3. The van der Waals surface area contributed by atoms with E-state index in [2.05, 4.69) is 15.5 Å². The number of rotatable bonds is 8. The summed E-state index contributed by atoms with van der Waals surface area (Å²) in [6, 6.07) is -0.932. The molecule has 3 N–H and O–H groups in total. The maximum atomic E-state index is 12.8. The van der Waals surface area contributed by atoms with Gasteiger partial charge in [-0.2, -0.15) is 0 Å². The number of nitrogens with two attached hydrogens (primary N) is 1. The number of thioether (sulfide) groups is 2. The van der Waals surface area contributed by atoms with E-state index in [1.807, 2.05) is 0 Å². The Kier molecular flexibility index (Phi) is 9.08. The van der Waals surface area contributed by atoms with Gasteiger partial charge < -0.3 is 35.3 Å². The molecule has 1 aromatic heterocycles. The number of carboxylic acid groups (broad SMARTS) is 1. The van der Waals surface area contributed by atoms with Gasteiger partial charge in [0.15, 0.2) is 10.8 Å². The third kappa shape index (κ3) is 5.51. The maximum absolute atomic E-state index is 12.8. The first-order chi connectivity index (χ1) is 15.4. The van der Waals surface area contributed by atoms with Crippen LogP contribution in [0, 0.1) is 0 Å². The Hall–Kier alpha value is -1.33. The van der Waals surface area contributed by atoms with Gasteiger partial charge in [-0.15, -0.1) is 34.9 Å². The number of hydrogen-bond acceptors (Lipinski definition) is 13. The number of aliphatic carboxylic acids is 1. The van der Waals surface area contributed by atoms with Gasteiger partial charge in [-0.3, -0.25) is 14.5 Å². The molecule has 4 heterocycles. The van der Waals surface area contributed by atoms with Gasteiger partial charge in [0.05, 0.1) is 24.4 Å². The van der Waals surface area contributed by atoms with Crippen LogP contribution in [0.5, 0.6) is 0 Å². The number of nitrogens with one attached hydrogen (secondary N) is 1. The van der Waals surface area contributed by atoms with Crippen molar-refractivity contribution in [3.05, 3.63) is 21.7 Å². The van der Waals surface area contributed by atoms with E-state index in [9.17, 15) is 19.5 Å². The molecule has 0 spiro atoms. The van der Waals surface area contributed by atoms with E-state index < -0.39 is 29.2 Å². The van der Waals surface area contributed by atoms with Crippen molar-refractivity contribution < 1.29 is 63.4 Å². The summed E-state index contributed by atoms with van der Waals surface area (Å²) in [5.74, 6) is -1.84. The fourth-order valence-corrected chi connectivity index (χ4v) is 6.43. The first kappa shape index (κ1) is 26.3. The predicted molar refractivity (Wildman–Crippen MR) is 115 cm³/mol. The minimum atomic E-state index is -1.45. The minimum absolute atomic E-state index is 0. The Labute approximate surface area is 222 Å². The standard InChI is InChI=1S/C17H19N5O7S3.Na/c1-27-21-10(8-4-32-17(18)19-8)13(23)20-11-14(24)22-12(16(25)26)9(5-31-15(11)22)30-3-7-2-28-6-29-7;/h4,7,11,15H,2-3,5-6H2,1H3,(H2,18,19)(H,20,23)(H,25,26);/q;+1/p-1/b21-10-;/t7?,11?,15-;/m0./s1. The molecule has 3 atom stereocenters. The van der Waals surface area contributed by atoms with E-state index >= 15 is 0 Å². The second-order valence-electron chi connectivity index (χ2n) is 6.70. The Morgan fingerprint density at radius 3 is 2.91 bits per heavy atom. The number of nitrogen functional groups attached to an aromatic ring is 1. The zero-order chi connectivity index (χ0) is 22.8. The first-order valence-corrected chi connectivity index (χ1v) is 12.2. The molecule has 0 saturated carbocycles. The van der Waals surface area contributed by atoms with E-state index in [1.54, 1.807) is 0 Å². The molecule has 0 aliphatic carbocycles. The second kappa shape index (κ2) is 11.4. The zero-order valence-corrected chi connectivity index (χ0v) is 22.1. The SMILES string of the molecule is CO/N=C(\C(=O)NC1C(=O)N2C(C(=O)[O-])=C(SCC3COCO3)CS[C@@H]12)c1csc(N)n1.[Na+]. The maximum Gasteiger partial charge on any atom is 1.00 e. The van der Waals surface area contributed by atoms with Gasteiger partial charge in [0.1, 0.15) is 31.0 Å². The van der Waals surface area contributed by atoms with Crippen LogP contribution in [0.4, 0.5) is 5.13 Å². The van der Waals surface area contributed by atoms with Crippen molar-refractivity contribution in [2.75, 3.05) is 37.7 Å². The van der Waals surface area contributed by atoms with Crippen LogP contribution in [-0.4, -0.2) is 82.9 Å². The van der Waals surface area contributed by atoms with Crippen LogP contribution in [0.3, 0.4) is 0 Å². The number of β-lactam (4-membered cyclic amide) rings is 1. The summed E-state index contributed by atoms with van der Waals surface area (Å²) in [4.78, 5) is 47.8. The Bertz CT molecular complexity index is 997. The molecular weight excluding hydrogens is 505 g/mol. The van der Waals surface area contributed by atoms with Gasteiger partial charge in [-0.25, -0.2) is 4.98 Å². The van der Waals surface area contributed by atoms with Crippen molar-refractivity contribution >= 4 is 63.5 Å². The third-order valence-corrected chi connectivity index (χ3v) is 8.07. The molecule has 2 saturated heterocycles. The summed E-state index contributed by atoms with van der Waals surface area (Å²) in [6.07, 6.45) is -0.143. The number of oxime groups is 1. The summed E-state index contributed by atoms with van der Waals surface area (Å²) in [5.41, 5.74) is 5.51. The molecule has 0 radical (unpaired) electrons. The number of thiazole rings is 1. The van der Waals surface area contributed by atoms with Crippen LogP contribution in [0.2, 0.25) is 0 Å². The van der Waals surface area contributed by atoms with Gasteiger partial charge in [-0.1, -0.05) is 5.16 Å². The van der Waals surface area contributed by atoms with Crippen LogP contribution < -0.4 is 45.7 Å². The van der Waals surface area contributed by atoms with Crippen LogP contribution in [-0.2, 0) is 28.7 Å². The van der Waals surface area contributed by atoms with Crippen molar-refractivity contribution in [1.29, 1.82) is 0 Å². The molecule has 4 rings (SSSR count). The van der Waals surface area contributed by atoms with E-state index in [4.69, 9.17) is 20.0 Å². The average Bonchev–Trinajstić information content (AvgIpc) is 3.45. The van der Waals surface area contributed by atoms with Crippen molar-refractivity contribution in [1.82, 2.24) is 15.2 Å². The monoisotopic (exact) mass is 523 g/mol. The minimum Gasteiger partial charge on any atom is -0.543 e. The molecule has 16 heteroatoms. The van der Waals surface area contributed by atoms with Gasteiger partial charge in [0.2, 0.25) is 0 Å². The molecule has 33 heavy (non-hydrogen) atoms. The van der Waals surface area contributed by atoms with Crippen molar-refractivity contribution in [3.63, 3.8) is 0 Å². The van der Waals surface area contributed by atoms with E-state index in [1.165, 1.54) is 36.0 Å². The van der Waals surface area contributed by atoms with Gasteiger partial charge >= 0.3 is 29.6 Å². The molecule has 1 aromatic rings. The normalized spacial score (nSPS) is 24.6. The molecule has 0 bridgehead atoms. The van der Waals surface area contributed by atoms with Crippen LogP contribution in [0.1, 0.15) is 5.69 Å². The molecular formula is C17H18N5NaO7S3. The topological polar surface area (TPSA) is 168 Å². The number of nitrogens with zero attached hydrogens (tertiary/aromatic N) is 3. The van der Waals surface area contributed by atoms with E-state index in [-0.39, 0.29) is 64.7 Å². The second-order valence-corrected chi connectivity index (χ2v) is 9.81. The van der Waals surface area contributed by atoms with E-state index in [0.29, 0.717) is 23.0 Å². The van der Waals surface area contributed by atoms with Gasteiger partial charge in [0, 0.05) is 21.8 Å². The zero-order valence-electron chi connectivity index (χ0n) is 17.6. The predicted octanol–water partition coefficient (Wildman–Crippen LogP) is -4.45. The summed E-state index contributed by atoms with van der Waals surface area (Å²) in [7, 11) is 1.27. The fraction of sp³-hybridized carbons (Fsp3) is 0.471. The Morgan fingerprint density at radius 1 is 1.52 bits per heavy atom. The number of amides is 2. The quantitative estimate of drug-likeness (QED) is 0.146. The number of anilines is 1. The molecule has 2 fully saturated rings. The largest absolute Gasteiger partial charge is 1.00 e. The summed E-state index contributed by atoms with van der Waals surface area (Å²) in [5, 5.41) is 19.3. The smallest absolute Gasteiger partial charge is 0.543 e. The number of carbonyl (C=O) groups excluding carboxylic acids is 3. The average molecular weight is 524 g/mol. The molecule has 2 amide bonds. The fourth-order valence-electron chi connectivity index (χ4n) is 3.25.